The number of nitrogen functional groups attached to an aromatic ring is 1. The summed E-state index contributed by atoms with van der Waals surface area (Å²) in [7, 11) is 0. The Labute approximate surface area is 113 Å². The Morgan fingerprint density at radius 2 is 2.21 bits per heavy atom. The highest BCUT2D eigenvalue weighted by Crippen LogP contribution is 2.10. The first kappa shape index (κ1) is 13.9. The van der Waals surface area contributed by atoms with Gasteiger partial charge in [0.05, 0.1) is 18.9 Å². The standard InChI is InChI=1S/C13H22N4O2/c1-2-17-10-11(14)9-12(17)13(18)15-3-4-16-5-7-19-8-6-16/h9-10H,2-8,14H2,1H3,(H,15,18). The van der Waals surface area contributed by atoms with Crippen LogP contribution in [0.15, 0.2) is 12.3 Å². The fraction of sp³-hybridized carbons (Fsp3) is 0.615. The average molecular weight is 266 g/mol. The summed E-state index contributed by atoms with van der Waals surface area (Å²) >= 11 is 0. The Morgan fingerprint density at radius 1 is 1.47 bits per heavy atom. The Kier molecular flexibility index (Phi) is 4.81. The van der Waals surface area contributed by atoms with Crippen molar-refractivity contribution in [3.63, 3.8) is 0 Å². The molecule has 1 aromatic heterocycles. The lowest BCUT2D eigenvalue weighted by Gasteiger charge is -2.26. The van der Waals surface area contributed by atoms with E-state index in [0.29, 0.717) is 17.9 Å². The molecule has 3 N–H and O–H groups in total. The number of aryl methyl sites for hydroxylation is 1. The third kappa shape index (κ3) is 3.71. The summed E-state index contributed by atoms with van der Waals surface area (Å²) in [5.74, 6) is -0.0631. The van der Waals surface area contributed by atoms with Gasteiger partial charge in [-0.25, -0.2) is 0 Å². The summed E-state index contributed by atoms with van der Waals surface area (Å²) in [6.07, 6.45) is 1.79. The number of nitrogens with zero attached hydrogens (tertiary/aromatic N) is 2. The first-order valence-corrected chi connectivity index (χ1v) is 6.74. The van der Waals surface area contributed by atoms with Crippen LogP contribution in [-0.4, -0.2) is 54.8 Å². The van der Waals surface area contributed by atoms with Crippen LogP contribution in [0.1, 0.15) is 17.4 Å². The minimum atomic E-state index is -0.0631. The molecule has 1 saturated heterocycles. The Bertz CT molecular complexity index is 424. The predicted molar refractivity (Wildman–Crippen MR) is 74.1 cm³/mol. The second-order valence-electron chi connectivity index (χ2n) is 4.65. The van der Waals surface area contributed by atoms with Crippen LogP contribution in [0.3, 0.4) is 0 Å². The number of hydrogen-bond acceptors (Lipinski definition) is 4. The topological polar surface area (TPSA) is 72.5 Å². The number of ether oxygens (including phenoxy) is 1. The van der Waals surface area contributed by atoms with E-state index in [9.17, 15) is 4.79 Å². The molecule has 1 aromatic rings. The van der Waals surface area contributed by atoms with Gasteiger partial charge < -0.3 is 20.4 Å². The lowest BCUT2D eigenvalue weighted by Crippen LogP contribution is -2.41. The molecule has 106 valence electrons. The van der Waals surface area contributed by atoms with Crippen molar-refractivity contribution >= 4 is 11.6 Å². The predicted octanol–water partition coefficient (Wildman–Crippen LogP) is 0.152. The summed E-state index contributed by atoms with van der Waals surface area (Å²) in [5.41, 5.74) is 6.97. The number of nitrogens with two attached hydrogens (primary N) is 1. The van der Waals surface area contributed by atoms with Crippen LogP contribution < -0.4 is 11.1 Å². The van der Waals surface area contributed by atoms with Crippen molar-refractivity contribution in [3.8, 4) is 0 Å². The molecular formula is C13H22N4O2. The highest BCUT2D eigenvalue weighted by molar-refractivity contribution is 5.93. The average Bonchev–Trinajstić information content (AvgIpc) is 2.81. The second-order valence-corrected chi connectivity index (χ2v) is 4.65. The Balaban J connectivity index is 1.80. The Morgan fingerprint density at radius 3 is 2.89 bits per heavy atom. The molecule has 6 heteroatoms. The van der Waals surface area contributed by atoms with Crippen molar-refractivity contribution in [2.45, 2.75) is 13.5 Å². The summed E-state index contributed by atoms with van der Waals surface area (Å²) in [6, 6.07) is 1.72. The van der Waals surface area contributed by atoms with Gasteiger partial charge >= 0.3 is 0 Å². The van der Waals surface area contributed by atoms with Crippen LogP contribution in [0.5, 0.6) is 0 Å². The number of rotatable bonds is 5. The monoisotopic (exact) mass is 266 g/mol. The highest BCUT2D eigenvalue weighted by atomic mass is 16.5. The smallest absolute Gasteiger partial charge is 0.268 e. The molecule has 19 heavy (non-hydrogen) atoms. The number of hydrogen-bond donors (Lipinski definition) is 2. The molecule has 0 bridgehead atoms. The maximum Gasteiger partial charge on any atom is 0.268 e. The maximum absolute atomic E-state index is 12.0. The lowest BCUT2D eigenvalue weighted by atomic mass is 10.3. The third-order valence-corrected chi connectivity index (χ3v) is 3.31. The zero-order valence-electron chi connectivity index (χ0n) is 11.4. The van der Waals surface area contributed by atoms with Crippen molar-refractivity contribution in [3.05, 3.63) is 18.0 Å². The summed E-state index contributed by atoms with van der Waals surface area (Å²) in [6.45, 7) is 7.67. The van der Waals surface area contributed by atoms with Gasteiger partial charge in [-0.2, -0.15) is 0 Å². The minimum absolute atomic E-state index is 0.0631. The molecule has 0 spiro atoms. The number of anilines is 1. The number of amides is 1. The van der Waals surface area contributed by atoms with E-state index in [-0.39, 0.29) is 5.91 Å². The molecule has 0 atom stereocenters. The highest BCUT2D eigenvalue weighted by Gasteiger charge is 2.13. The molecule has 2 heterocycles. The third-order valence-electron chi connectivity index (χ3n) is 3.31. The fourth-order valence-corrected chi connectivity index (χ4v) is 2.23. The number of morpholine rings is 1. The zero-order chi connectivity index (χ0) is 13.7. The van der Waals surface area contributed by atoms with Crippen LogP contribution in [-0.2, 0) is 11.3 Å². The van der Waals surface area contributed by atoms with E-state index in [0.717, 1.165) is 39.4 Å². The summed E-state index contributed by atoms with van der Waals surface area (Å²) in [5, 5.41) is 2.94. The van der Waals surface area contributed by atoms with E-state index < -0.39 is 0 Å². The molecule has 6 nitrogen and oxygen atoms in total. The molecule has 0 unspecified atom stereocenters. The SMILES string of the molecule is CCn1cc(N)cc1C(=O)NCCN1CCOCC1. The fourth-order valence-electron chi connectivity index (χ4n) is 2.23. The first-order valence-electron chi connectivity index (χ1n) is 6.74. The molecule has 1 aliphatic heterocycles. The maximum atomic E-state index is 12.0. The van der Waals surface area contributed by atoms with Gasteiger partial charge in [0, 0.05) is 38.9 Å². The van der Waals surface area contributed by atoms with Gasteiger partial charge in [-0.05, 0) is 13.0 Å². The van der Waals surface area contributed by atoms with Crippen molar-refractivity contribution in [1.29, 1.82) is 0 Å². The molecule has 0 saturated carbocycles. The molecule has 1 aliphatic rings. The van der Waals surface area contributed by atoms with E-state index in [1.165, 1.54) is 0 Å². The van der Waals surface area contributed by atoms with E-state index >= 15 is 0 Å². The van der Waals surface area contributed by atoms with Crippen molar-refractivity contribution in [2.75, 3.05) is 45.1 Å². The van der Waals surface area contributed by atoms with E-state index in [4.69, 9.17) is 10.5 Å². The number of carbonyl (C=O) groups is 1. The van der Waals surface area contributed by atoms with Crippen LogP contribution in [0, 0.1) is 0 Å². The first-order chi connectivity index (χ1) is 9.20. The van der Waals surface area contributed by atoms with E-state index in [1.807, 2.05) is 11.5 Å². The number of carbonyl (C=O) groups excluding carboxylic acids is 1. The number of nitrogens with one attached hydrogen (secondary N) is 1. The van der Waals surface area contributed by atoms with Gasteiger partial charge in [0.15, 0.2) is 0 Å². The number of aromatic nitrogens is 1. The molecule has 0 aliphatic carbocycles. The minimum Gasteiger partial charge on any atom is -0.397 e. The van der Waals surface area contributed by atoms with Crippen LogP contribution in [0.2, 0.25) is 0 Å². The summed E-state index contributed by atoms with van der Waals surface area (Å²) in [4.78, 5) is 14.3. The Hall–Kier alpha value is -1.53. The quantitative estimate of drug-likeness (QED) is 0.796. The van der Waals surface area contributed by atoms with Crippen LogP contribution >= 0.6 is 0 Å². The molecular weight excluding hydrogens is 244 g/mol. The van der Waals surface area contributed by atoms with Gasteiger partial charge in [-0.15, -0.1) is 0 Å². The van der Waals surface area contributed by atoms with Gasteiger partial charge in [-0.3, -0.25) is 9.69 Å². The largest absolute Gasteiger partial charge is 0.397 e. The van der Waals surface area contributed by atoms with Gasteiger partial charge in [0.25, 0.3) is 5.91 Å². The normalized spacial score (nSPS) is 16.5. The summed E-state index contributed by atoms with van der Waals surface area (Å²) < 4.78 is 7.14. The van der Waals surface area contributed by atoms with Crippen LogP contribution in [0.25, 0.3) is 0 Å². The second kappa shape index (κ2) is 6.58. The molecule has 2 rings (SSSR count). The van der Waals surface area contributed by atoms with Crippen LogP contribution in [0.4, 0.5) is 5.69 Å². The van der Waals surface area contributed by atoms with Crippen molar-refractivity contribution < 1.29 is 9.53 Å². The van der Waals surface area contributed by atoms with Gasteiger partial charge in [0.1, 0.15) is 5.69 Å². The molecule has 1 fully saturated rings. The van der Waals surface area contributed by atoms with E-state index in [2.05, 4.69) is 10.2 Å². The lowest BCUT2D eigenvalue weighted by molar-refractivity contribution is 0.0383. The molecule has 1 amide bonds. The van der Waals surface area contributed by atoms with E-state index in [1.54, 1.807) is 12.3 Å². The zero-order valence-corrected chi connectivity index (χ0v) is 11.4. The van der Waals surface area contributed by atoms with Gasteiger partial charge in [0.2, 0.25) is 0 Å². The molecule has 0 aromatic carbocycles. The molecule has 0 radical (unpaired) electrons. The van der Waals surface area contributed by atoms with Crippen molar-refractivity contribution in [2.24, 2.45) is 0 Å². The van der Waals surface area contributed by atoms with Gasteiger partial charge in [-0.1, -0.05) is 0 Å². The van der Waals surface area contributed by atoms with Crippen molar-refractivity contribution in [1.82, 2.24) is 14.8 Å².